The Hall–Kier alpha value is -2.03. The number of imide groups is 1. The number of benzene rings is 1. The highest BCUT2D eigenvalue weighted by atomic mass is 32.1. The molecule has 1 aromatic carbocycles. The van der Waals surface area contributed by atoms with Crippen molar-refractivity contribution < 1.29 is 9.59 Å². The molecule has 3 heterocycles. The fourth-order valence-electron chi connectivity index (χ4n) is 4.50. The minimum absolute atomic E-state index is 0.0599. The van der Waals surface area contributed by atoms with Gasteiger partial charge in [0.05, 0.1) is 22.9 Å². The van der Waals surface area contributed by atoms with Gasteiger partial charge in [0, 0.05) is 26.2 Å². The third kappa shape index (κ3) is 3.33. The minimum Gasteiger partial charge on any atom is -0.323 e. The fourth-order valence-corrected chi connectivity index (χ4v) is 5.55. The molecule has 29 heavy (non-hydrogen) atoms. The Bertz CT molecular complexity index is 916. The lowest BCUT2D eigenvalue weighted by molar-refractivity contribution is -0.133. The highest BCUT2D eigenvalue weighted by Gasteiger charge is 2.56. The first kappa shape index (κ1) is 19.0. The summed E-state index contributed by atoms with van der Waals surface area (Å²) in [4.78, 5) is 36.1. The molecule has 3 aliphatic rings. The number of hydrogen-bond acceptors (Lipinski definition) is 6. The normalized spacial score (nSPS) is 27.6. The van der Waals surface area contributed by atoms with Crippen LogP contribution in [0.3, 0.4) is 0 Å². The van der Waals surface area contributed by atoms with Gasteiger partial charge in [-0.1, -0.05) is 12.1 Å². The summed E-state index contributed by atoms with van der Waals surface area (Å²) >= 11 is 1.76. The highest BCUT2D eigenvalue weighted by molar-refractivity contribution is 7.18. The van der Waals surface area contributed by atoms with E-state index in [0.717, 1.165) is 49.5 Å². The maximum absolute atomic E-state index is 12.8. The number of amides is 3. The molecular formula is C21H27N5O2S. The average molecular weight is 414 g/mol. The van der Waals surface area contributed by atoms with Crippen molar-refractivity contribution in [3.05, 3.63) is 29.3 Å². The predicted octanol–water partition coefficient (Wildman–Crippen LogP) is 2.65. The lowest BCUT2D eigenvalue weighted by Crippen LogP contribution is -2.52. The maximum atomic E-state index is 12.8. The molecular weight excluding hydrogens is 386 g/mol. The van der Waals surface area contributed by atoms with Gasteiger partial charge in [-0.25, -0.2) is 14.7 Å². The van der Waals surface area contributed by atoms with E-state index in [1.807, 2.05) is 13.0 Å². The summed E-state index contributed by atoms with van der Waals surface area (Å²) in [5, 5.41) is 4.08. The number of para-hydroxylation sites is 1. The Morgan fingerprint density at radius 1 is 1.21 bits per heavy atom. The quantitative estimate of drug-likeness (QED) is 0.764. The molecule has 0 unspecified atom stereocenters. The van der Waals surface area contributed by atoms with Crippen LogP contribution < -0.4 is 5.32 Å². The van der Waals surface area contributed by atoms with Gasteiger partial charge in [-0.3, -0.25) is 14.6 Å². The Balaban J connectivity index is 1.19. The Kier molecular flexibility index (Phi) is 4.60. The molecule has 1 saturated carbocycles. The lowest BCUT2D eigenvalue weighted by Gasteiger charge is -2.38. The second-order valence-corrected chi connectivity index (χ2v) is 9.69. The largest absolute Gasteiger partial charge is 0.326 e. The number of aromatic nitrogens is 1. The monoisotopic (exact) mass is 413 g/mol. The fraction of sp³-hybridized carbons (Fsp3) is 0.571. The van der Waals surface area contributed by atoms with E-state index in [0.29, 0.717) is 12.6 Å². The molecule has 154 valence electrons. The number of piperazine rings is 1. The van der Waals surface area contributed by atoms with E-state index in [4.69, 9.17) is 4.98 Å². The molecule has 1 aliphatic carbocycles. The second kappa shape index (κ2) is 7.04. The van der Waals surface area contributed by atoms with Gasteiger partial charge in [-0.15, -0.1) is 11.3 Å². The van der Waals surface area contributed by atoms with Gasteiger partial charge < -0.3 is 5.32 Å². The summed E-state index contributed by atoms with van der Waals surface area (Å²) in [5.41, 5.74) is 0.371. The van der Waals surface area contributed by atoms with E-state index >= 15 is 0 Å². The van der Waals surface area contributed by atoms with Gasteiger partial charge in [0.15, 0.2) is 0 Å². The third-order valence-electron chi connectivity index (χ3n) is 6.66. The van der Waals surface area contributed by atoms with Crippen LogP contribution in [-0.2, 0) is 4.79 Å². The van der Waals surface area contributed by atoms with Gasteiger partial charge in [-0.05, 0) is 44.7 Å². The van der Waals surface area contributed by atoms with Gasteiger partial charge in [0.1, 0.15) is 10.5 Å². The average Bonchev–Trinajstić information content (AvgIpc) is 3.46. The van der Waals surface area contributed by atoms with Crippen LogP contribution in [0.1, 0.15) is 37.7 Å². The summed E-state index contributed by atoms with van der Waals surface area (Å²) in [6.45, 7) is 7.96. The molecule has 5 rings (SSSR count). The van der Waals surface area contributed by atoms with Crippen molar-refractivity contribution in [1.82, 2.24) is 25.0 Å². The summed E-state index contributed by atoms with van der Waals surface area (Å²) in [6.07, 6.45) is 2.05. The second-order valence-electron chi connectivity index (χ2n) is 8.63. The Morgan fingerprint density at radius 2 is 1.93 bits per heavy atom. The molecule has 0 spiro atoms. The van der Waals surface area contributed by atoms with Crippen LogP contribution in [0, 0.1) is 5.92 Å². The molecule has 7 nitrogen and oxygen atoms in total. The number of nitrogens with one attached hydrogen (secondary N) is 1. The third-order valence-corrected chi connectivity index (χ3v) is 7.87. The van der Waals surface area contributed by atoms with E-state index < -0.39 is 5.54 Å². The van der Waals surface area contributed by atoms with Crippen LogP contribution in [0.5, 0.6) is 0 Å². The van der Waals surface area contributed by atoms with E-state index in [1.165, 1.54) is 9.60 Å². The lowest BCUT2D eigenvalue weighted by atomic mass is 9.96. The number of nitrogens with zero attached hydrogens (tertiary/aromatic N) is 4. The van der Waals surface area contributed by atoms with Gasteiger partial charge >= 0.3 is 6.03 Å². The van der Waals surface area contributed by atoms with Crippen molar-refractivity contribution >= 4 is 33.5 Å². The van der Waals surface area contributed by atoms with Gasteiger partial charge in [0.25, 0.3) is 5.91 Å². The number of carbonyl (C=O) groups is 2. The first-order valence-electron chi connectivity index (χ1n) is 10.4. The number of fused-ring (bicyclic) bond motifs is 1. The van der Waals surface area contributed by atoms with Crippen LogP contribution in [0.4, 0.5) is 4.79 Å². The summed E-state index contributed by atoms with van der Waals surface area (Å²) in [5.74, 6) is 0.241. The van der Waals surface area contributed by atoms with E-state index in [1.54, 1.807) is 11.3 Å². The van der Waals surface area contributed by atoms with Crippen molar-refractivity contribution in [2.45, 2.75) is 38.3 Å². The number of thiazole rings is 1. The maximum Gasteiger partial charge on any atom is 0.326 e. The predicted molar refractivity (Wildman–Crippen MR) is 113 cm³/mol. The molecule has 3 amide bonds. The van der Waals surface area contributed by atoms with Crippen molar-refractivity contribution in [2.75, 3.05) is 32.8 Å². The van der Waals surface area contributed by atoms with Crippen LogP contribution in [0.2, 0.25) is 0 Å². The van der Waals surface area contributed by atoms with Crippen LogP contribution >= 0.6 is 11.3 Å². The summed E-state index contributed by atoms with van der Waals surface area (Å²) in [6, 6.07) is 8.29. The van der Waals surface area contributed by atoms with Crippen LogP contribution in [0.25, 0.3) is 10.2 Å². The van der Waals surface area contributed by atoms with Crippen molar-refractivity contribution in [2.24, 2.45) is 5.92 Å². The molecule has 2 saturated heterocycles. The molecule has 2 aliphatic heterocycles. The first-order chi connectivity index (χ1) is 14.0. The number of carbonyl (C=O) groups excluding carboxylic acids is 2. The zero-order valence-electron chi connectivity index (χ0n) is 16.9. The van der Waals surface area contributed by atoms with Gasteiger partial charge in [0.2, 0.25) is 0 Å². The minimum atomic E-state index is -0.694. The Morgan fingerprint density at radius 3 is 2.62 bits per heavy atom. The van der Waals surface area contributed by atoms with Crippen molar-refractivity contribution in [1.29, 1.82) is 0 Å². The van der Waals surface area contributed by atoms with E-state index in [-0.39, 0.29) is 18.0 Å². The molecule has 2 aromatic rings. The summed E-state index contributed by atoms with van der Waals surface area (Å²) < 4.78 is 1.23. The first-order valence-corrected chi connectivity index (χ1v) is 11.2. The smallest absolute Gasteiger partial charge is 0.323 e. The number of urea groups is 1. The standard InChI is InChI=1S/C21H27N5O2S/c1-14(18-22-16-5-3-4-6-17(16)29-18)25-11-9-24(10-12-25)13-26-19(27)21(2,15-7-8-15)23-20(26)28/h3-6,14-15H,7-13H2,1-2H3,(H,23,28)/t14-,21+/m1/s1. The summed E-state index contributed by atoms with van der Waals surface area (Å²) in [7, 11) is 0. The molecule has 3 fully saturated rings. The van der Waals surface area contributed by atoms with Crippen molar-refractivity contribution in [3.8, 4) is 0 Å². The molecule has 8 heteroatoms. The zero-order valence-corrected chi connectivity index (χ0v) is 17.7. The van der Waals surface area contributed by atoms with Gasteiger partial charge in [-0.2, -0.15) is 0 Å². The molecule has 1 N–H and O–H groups in total. The van der Waals surface area contributed by atoms with E-state index in [2.05, 4.69) is 40.2 Å². The van der Waals surface area contributed by atoms with E-state index in [9.17, 15) is 9.59 Å². The molecule has 1 aromatic heterocycles. The van der Waals surface area contributed by atoms with Crippen LogP contribution in [-0.4, -0.2) is 70.0 Å². The molecule has 0 radical (unpaired) electrons. The SMILES string of the molecule is C[C@H](c1nc2ccccc2s1)N1CCN(CN2C(=O)N[C@@](C)(C3CC3)C2=O)CC1. The topological polar surface area (TPSA) is 68.8 Å². The number of hydrogen-bond donors (Lipinski definition) is 1. The van der Waals surface area contributed by atoms with Crippen molar-refractivity contribution in [3.63, 3.8) is 0 Å². The van der Waals surface area contributed by atoms with Crippen LogP contribution in [0.15, 0.2) is 24.3 Å². The molecule has 0 bridgehead atoms. The molecule has 2 atom stereocenters. The Labute approximate surface area is 174 Å². The zero-order chi connectivity index (χ0) is 20.2. The number of rotatable bonds is 5. The highest BCUT2D eigenvalue weighted by Crippen LogP contribution is 2.42.